The molecule has 0 saturated heterocycles. The van der Waals surface area contributed by atoms with Gasteiger partial charge in [0.2, 0.25) is 5.88 Å². The molecule has 0 unspecified atom stereocenters. The smallest absolute Gasteiger partial charge is 0.411 e. The summed E-state index contributed by atoms with van der Waals surface area (Å²) in [6.45, 7) is 5.27. The molecule has 9 heteroatoms. The van der Waals surface area contributed by atoms with Gasteiger partial charge in [0.25, 0.3) is 0 Å². The zero-order valence-corrected chi connectivity index (χ0v) is 20.0. The lowest BCUT2D eigenvalue weighted by molar-refractivity contribution is -0.143. The van der Waals surface area contributed by atoms with Crippen molar-refractivity contribution in [3.63, 3.8) is 0 Å². The van der Waals surface area contributed by atoms with Crippen molar-refractivity contribution in [3.05, 3.63) is 41.1 Å². The van der Waals surface area contributed by atoms with Gasteiger partial charge in [-0.2, -0.15) is 5.26 Å². The monoisotopic (exact) mass is 466 g/mol. The van der Waals surface area contributed by atoms with Gasteiger partial charge in [-0.05, 0) is 57.2 Å². The SMILES string of the molecule is COC(=O)COc1nn(-c2ccc(C3CCC3)cc2)c2c1[C@H](C#N)N(C(=O)OC(C)(C)C)CC2. The van der Waals surface area contributed by atoms with Crippen molar-refractivity contribution in [1.82, 2.24) is 14.7 Å². The first-order chi connectivity index (χ1) is 16.2. The van der Waals surface area contributed by atoms with Crippen LogP contribution in [0, 0.1) is 11.3 Å². The molecule has 1 saturated carbocycles. The van der Waals surface area contributed by atoms with E-state index in [2.05, 4.69) is 28.0 Å². The van der Waals surface area contributed by atoms with E-state index in [-0.39, 0.29) is 12.5 Å². The third kappa shape index (κ3) is 4.72. The Morgan fingerprint density at radius 2 is 1.91 bits per heavy atom. The van der Waals surface area contributed by atoms with E-state index in [1.807, 2.05) is 12.1 Å². The van der Waals surface area contributed by atoms with Gasteiger partial charge >= 0.3 is 12.1 Å². The minimum Gasteiger partial charge on any atom is -0.466 e. The Labute approximate surface area is 199 Å². The van der Waals surface area contributed by atoms with Gasteiger partial charge in [0.15, 0.2) is 12.6 Å². The topological polar surface area (TPSA) is 107 Å². The van der Waals surface area contributed by atoms with Crippen LogP contribution in [-0.2, 0) is 20.7 Å². The number of amides is 1. The zero-order valence-electron chi connectivity index (χ0n) is 20.0. The maximum Gasteiger partial charge on any atom is 0.411 e. The van der Waals surface area contributed by atoms with Crippen LogP contribution < -0.4 is 4.74 Å². The highest BCUT2D eigenvalue weighted by Crippen LogP contribution is 2.39. The fourth-order valence-corrected chi connectivity index (χ4v) is 4.26. The van der Waals surface area contributed by atoms with Gasteiger partial charge in [0.1, 0.15) is 5.60 Å². The average Bonchev–Trinajstić information content (AvgIpc) is 3.13. The molecule has 1 fully saturated rings. The number of carbonyl (C=O) groups excluding carboxylic acids is 2. The molecule has 0 spiro atoms. The molecule has 0 bridgehead atoms. The molecule has 34 heavy (non-hydrogen) atoms. The number of hydrogen-bond donors (Lipinski definition) is 0. The number of rotatable bonds is 5. The molecule has 0 radical (unpaired) electrons. The molecule has 4 rings (SSSR count). The summed E-state index contributed by atoms with van der Waals surface area (Å²) in [6, 6.07) is 9.47. The van der Waals surface area contributed by atoms with Crippen LogP contribution in [0.2, 0.25) is 0 Å². The summed E-state index contributed by atoms with van der Waals surface area (Å²) in [7, 11) is 1.27. The maximum absolute atomic E-state index is 12.8. The van der Waals surface area contributed by atoms with E-state index >= 15 is 0 Å². The van der Waals surface area contributed by atoms with Gasteiger partial charge < -0.3 is 14.2 Å². The molecule has 1 atom stereocenters. The predicted molar refractivity (Wildman–Crippen MR) is 123 cm³/mol. The molecule has 1 aliphatic carbocycles. The fourth-order valence-electron chi connectivity index (χ4n) is 4.26. The molecule has 2 heterocycles. The Balaban J connectivity index is 1.71. The van der Waals surface area contributed by atoms with Gasteiger partial charge in [0.05, 0.1) is 30.1 Å². The number of hydrogen-bond acceptors (Lipinski definition) is 7. The molecule has 0 N–H and O–H groups in total. The molecule has 1 aromatic carbocycles. The molecule has 9 nitrogen and oxygen atoms in total. The second kappa shape index (κ2) is 9.37. The minimum atomic E-state index is -0.964. The zero-order chi connectivity index (χ0) is 24.5. The Kier molecular flexibility index (Phi) is 6.51. The third-order valence-electron chi connectivity index (χ3n) is 6.18. The Bertz CT molecular complexity index is 1110. The summed E-state index contributed by atoms with van der Waals surface area (Å²) in [6.07, 6.45) is 3.56. The molecule has 1 amide bonds. The van der Waals surface area contributed by atoms with Crippen molar-refractivity contribution in [1.29, 1.82) is 5.26 Å². The molecule has 2 aliphatic rings. The van der Waals surface area contributed by atoms with Crippen LogP contribution in [0.5, 0.6) is 5.88 Å². The lowest BCUT2D eigenvalue weighted by Crippen LogP contribution is -2.42. The third-order valence-corrected chi connectivity index (χ3v) is 6.18. The van der Waals surface area contributed by atoms with Crippen LogP contribution in [0.3, 0.4) is 0 Å². The normalized spacial score (nSPS) is 17.9. The number of methoxy groups -OCH3 is 1. The van der Waals surface area contributed by atoms with Crippen LogP contribution in [0.1, 0.15) is 68.8 Å². The van der Waals surface area contributed by atoms with Crippen molar-refractivity contribution >= 4 is 12.1 Å². The largest absolute Gasteiger partial charge is 0.466 e. The van der Waals surface area contributed by atoms with E-state index in [1.165, 1.54) is 36.8 Å². The first-order valence-electron chi connectivity index (χ1n) is 11.5. The Hall–Kier alpha value is -3.54. The summed E-state index contributed by atoms with van der Waals surface area (Å²) in [5.74, 6) is 0.176. The molecular formula is C25H30N4O5. The predicted octanol–water partition coefficient (Wildman–Crippen LogP) is 4.05. The fraction of sp³-hybridized carbons (Fsp3) is 0.520. The van der Waals surface area contributed by atoms with Crippen LogP contribution in [0.25, 0.3) is 5.69 Å². The van der Waals surface area contributed by atoms with Crippen LogP contribution in [0.15, 0.2) is 24.3 Å². The Morgan fingerprint density at radius 1 is 1.21 bits per heavy atom. The highest BCUT2D eigenvalue weighted by Gasteiger charge is 2.39. The number of benzene rings is 1. The molecule has 180 valence electrons. The summed E-state index contributed by atoms with van der Waals surface area (Å²) in [4.78, 5) is 25.9. The standard InChI is InChI=1S/C25H30N4O5/c1-25(2,3)34-24(31)28-13-12-19-22(20(28)14-26)23(33-15-21(30)32-4)27-29(19)18-10-8-17(9-11-18)16-6-5-7-16/h8-11,16,20H,5-7,12-13,15H2,1-4H3/t20-/m0/s1. The van der Waals surface area contributed by atoms with Gasteiger partial charge in [-0.25, -0.2) is 14.3 Å². The average molecular weight is 467 g/mol. The quantitative estimate of drug-likeness (QED) is 0.612. The number of fused-ring (bicyclic) bond motifs is 1. The Morgan fingerprint density at radius 3 is 2.47 bits per heavy atom. The van der Waals surface area contributed by atoms with E-state index < -0.39 is 23.7 Å². The highest BCUT2D eigenvalue weighted by molar-refractivity contribution is 5.72. The first-order valence-corrected chi connectivity index (χ1v) is 11.5. The van der Waals surface area contributed by atoms with Gasteiger partial charge in [-0.1, -0.05) is 18.6 Å². The van der Waals surface area contributed by atoms with E-state index in [0.717, 1.165) is 11.4 Å². The second-order valence-electron chi connectivity index (χ2n) is 9.62. The van der Waals surface area contributed by atoms with Crippen molar-refractivity contribution < 1.29 is 23.8 Å². The van der Waals surface area contributed by atoms with E-state index in [0.29, 0.717) is 24.4 Å². The molecule has 1 aromatic heterocycles. The lowest BCUT2D eigenvalue weighted by atomic mass is 9.80. The van der Waals surface area contributed by atoms with Gasteiger partial charge in [0, 0.05) is 13.0 Å². The van der Waals surface area contributed by atoms with Crippen molar-refractivity contribution in [2.45, 2.75) is 64.0 Å². The number of esters is 1. The van der Waals surface area contributed by atoms with E-state index in [4.69, 9.17) is 9.47 Å². The molecule has 1 aliphatic heterocycles. The van der Waals surface area contributed by atoms with Gasteiger partial charge in [-0.3, -0.25) is 4.90 Å². The minimum absolute atomic E-state index is 0.128. The van der Waals surface area contributed by atoms with Crippen molar-refractivity contribution in [2.24, 2.45) is 0 Å². The number of carbonyl (C=O) groups is 2. The van der Waals surface area contributed by atoms with Crippen molar-refractivity contribution in [3.8, 4) is 17.6 Å². The van der Waals surface area contributed by atoms with E-state index in [1.54, 1.807) is 25.5 Å². The second-order valence-corrected chi connectivity index (χ2v) is 9.62. The first kappa shape index (κ1) is 23.6. The highest BCUT2D eigenvalue weighted by atomic mass is 16.6. The number of nitriles is 1. The molecular weight excluding hydrogens is 436 g/mol. The summed E-state index contributed by atoms with van der Waals surface area (Å²) >= 11 is 0. The lowest BCUT2D eigenvalue weighted by Gasteiger charge is -2.33. The number of nitrogens with zero attached hydrogens (tertiary/aromatic N) is 4. The summed E-state index contributed by atoms with van der Waals surface area (Å²) in [5.41, 5.74) is 2.67. The molecule has 2 aromatic rings. The number of ether oxygens (including phenoxy) is 3. The van der Waals surface area contributed by atoms with Crippen molar-refractivity contribution in [2.75, 3.05) is 20.3 Å². The van der Waals surface area contributed by atoms with Crippen LogP contribution in [-0.4, -0.2) is 52.6 Å². The number of aromatic nitrogens is 2. The maximum atomic E-state index is 12.8. The van der Waals surface area contributed by atoms with E-state index in [9.17, 15) is 14.9 Å². The summed E-state index contributed by atoms with van der Waals surface area (Å²) in [5, 5.41) is 14.6. The van der Waals surface area contributed by atoms with Gasteiger partial charge in [-0.15, -0.1) is 5.10 Å². The summed E-state index contributed by atoms with van der Waals surface area (Å²) < 4.78 is 17.6. The van der Waals surface area contributed by atoms with Crippen LogP contribution >= 0.6 is 0 Å². The van der Waals surface area contributed by atoms with Crippen LogP contribution in [0.4, 0.5) is 4.79 Å².